The van der Waals surface area contributed by atoms with Crippen LogP contribution in [0.5, 0.6) is 0 Å². The molecule has 1 rings (SSSR count). The van der Waals surface area contributed by atoms with Gasteiger partial charge in [-0.15, -0.1) is 0 Å². The highest BCUT2D eigenvalue weighted by Gasteiger charge is 2.03. The molecule has 0 unspecified atom stereocenters. The first-order valence-corrected chi connectivity index (χ1v) is 2.26. The van der Waals surface area contributed by atoms with E-state index in [4.69, 9.17) is 0 Å². The molecule has 3 nitrogen and oxygen atoms in total. The lowest BCUT2D eigenvalue weighted by molar-refractivity contribution is 0.535. The maximum Gasteiger partial charge on any atom is 0.196 e. The van der Waals surface area contributed by atoms with E-state index in [1.54, 1.807) is 30.3 Å². The number of rotatable bonds is 0. The monoisotopic (exact) mass is 110 g/mol. The van der Waals surface area contributed by atoms with Gasteiger partial charge < -0.3 is 10.2 Å². The number of nitrogens with one attached hydrogen (secondary N) is 1. The fraction of sp³-hybridized carbons (Fsp3) is 0.200. The molecular formula is C5H6N2O. The molecule has 1 N–H and O–H groups in total. The van der Waals surface area contributed by atoms with Gasteiger partial charge in [0.25, 0.3) is 0 Å². The fourth-order valence-electron chi connectivity index (χ4n) is 0.506. The van der Waals surface area contributed by atoms with E-state index in [0.717, 1.165) is 0 Å². The second kappa shape index (κ2) is 1.72. The normalized spacial score (nSPS) is 16.1. The van der Waals surface area contributed by atoms with Crippen LogP contribution in [0.4, 0.5) is 0 Å². The lowest BCUT2D eigenvalue weighted by Gasteiger charge is -2.03. The van der Waals surface area contributed by atoms with Gasteiger partial charge in [-0.2, -0.15) is 0 Å². The van der Waals surface area contributed by atoms with Crippen LogP contribution in [0, 0.1) is 0 Å². The van der Waals surface area contributed by atoms with Crippen molar-refractivity contribution in [2.45, 2.75) is 0 Å². The summed E-state index contributed by atoms with van der Waals surface area (Å²) in [5, 5.41) is 2.69. The molecule has 0 aliphatic carbocycles. The molecule has 0 radical (unpaired) electrons. The van der Waals surface area contributed by atoms with Gasteiger partial charge >= 0.3 is 0 Å². The van der Waals surface area contributed by atoms with Crippen molar-refractivity contribution in [2.75, 3.05) is 7.05 Å². The standard InChI is InChI=1S/C5H6N2O/c1-7-3-2-6-5(7)4-8/h2-3,6H,1H3. The lowest BCUT2D eigenvalue weighted by atomic mass is 10.7. The summed E-state index contributed by atoms with van der Waals surface area (Å²) < 4.78 is 0. The summed E-state index contributed by atoms with van der Waals surface area (Å²) in [4.78, 5) is 11.6. The average Bonchev–Trinajstić information content (AvgIpc) is 2.14. The van der Waals surface area contributed by atoms with E-state index in [9.17, 15) is 4.79 Å². The summed E-state index contributed by atoms with van der Waals surface area (Å²) in [5.41, 5.74) is 0. The summed E-state index contributed by atoms with van der Waals surface area (Å²) in [6, 6.07) is 0. The van der Waals surface area contributed by atoms with Crippen molar-refractivity contribution in [3.05, 3.63) is 18.2 Å². The Bertz CT molecular complexity index is 167. The molecule has 0 atom stereocenters. The molecule has 8 heavy (non-hydrogen) atoms. The first-order chi connectivity index (χ1) is 3.84. The Morgan fingerprint density at radius 1 is 1.88 bits per heavy atom. The molecule has 0 saturated carbocycles. The second-order valence-corrected chi connectivity index (χ2v) is 1.52. The average molecular weight is 110 g/mol. The highest BCUT2D eigenvalue weighted by Crippen LogP contribution is 1.98. The Kier molecular flexibility index (Phi) is 1.06. The van der Waals surface area contributed by atoms with Gasteiger partial charge in [-0.25, -0.2) is 4.79 Å². The first kappa shape index (κ1) is 4.94. The minimum Gasteiger partial charge on any atom is -0.337 e. The molecular weight excluding hydrogens is 104 g/mol. The van der Waals surface area contributed by atoms with Gasteiger partial charge in [0, 0.05) is 19.4 Å². The molecule has 0 spiro atoms. The van der Waals surface area contributed by atoms with Crippen molar-refractivity contribution in [2.24, 2.45) is 0 Å². The quantitative estimate of drug-likeness (QED) is 0.433. The number of hydrogen-bond acceptors (Lipinski definition) is 3. The lowest BCUT2D eigenvalue weighted by Crippen LogP contribution is -2.13. The van der Waals surface area contributed by atoms with Crippen LogP contribution >= 0.6 is 0 Å². The van der Waals surface area contributed by atoms with E-state index in [1.807, 2.05) is 0 Å². The fourth-order valence-corrected chi connectivity index (χ4v) is 0.506. The van der Waals surface area contributed by atoms with E-state index in [1.165, 1.54) is 0 Å². The molecule has 0 aromatic carbocycles. The molecule has 0 saturated heterocycles. The van der Waals surface area contributed by atoms with Gasteiger partial charge in [-0.3, -0.25) is 0 Å². The maximum atomic E-state index is 9.91. The predicted octanol–water partition coefficient (Wildman–Crippen LogP) is -0.334. The van der Waals surface area contributed by atoms with Crippen LogP contribution in [0.1, 0.15) is 0 Å². The van der Waals surface area contributed by atoms with Crippen molar-refractivity contribution < 1.29 is 4.79 Å². The Morgan fingerprint density at radius 2 is 2.62 bits per heavy atom. The van der Waals surface area contributed by atoms with E-state index in [-0.39, 0.29) is 0 Å². The highest BCUT2D eigenvalue weighted by molar-refractivity contribution is 5.52. The molecule has 1 heterocycles. The Morgan fingerprint density at radius 3 is 2.88 bits per heavy atom. The topological polar surface area (TPSA) is 32.3 Å². The van der Waals surface area contributed by atoms with Gasteiger partial charge in [0.05, 0.1) is 0 Å². The SMILES string of the molecule is CN1C=CNC1=C=O. The van der Waals surface area contributed by atoms with Gasteiger partial charge in [0.2, 0.25) is 0 Å². The molecule has 3 heteroatoms. The van der Waals surface area contributed by atoms with Crippen molar-refractivity contribution in [3.8, 4) is 0 Å². The van der Waals surface area contributed by atoms with E-state index < -0.39 is 0 Å². The van der Waals surface area contributed by atoms with Crippen LogP contribution < -0.4 is 5.32 Å². The molecule has 1 aliphatic heterocycles. The molecule has 0 aromatic rings. The molecule has 0 bridgehead atoms. The van der Waals surface area contributed by atoms with Gasteiger partial charge in [-0.05, 0) is 0 Å². The minimum absolute atomic E-state index is 0.463. The summed E-state index contributed by atoms with van der Waals surface area (Å²) in [6.07, 6.45) is 3.43. The third-order valence-electron chi connectivity index (χ3n) is 0.968. The Hall–Kier alpha value is -1.21. The van der Waals surface area contributed by atoms with Gasteiger partial charge in [-0.1, -0.05) is 0 Å². The zero-order valence-corrected chi connectivity index (χ0v) is 4.51. The van der Waals surface area contributed by atoms with Crippen molar-refractivity contribution in [3.63, 3.8) is 0 Å². The molecule has 42 valence electrons. The third kappa shape index (κ3) is 0.591. The number of hydrogen-bond donors (Lipinski definition) is 1. The van der Waals surface area contributed by atoms with Gasteiger partial charge in [0.15, 0.2) is 11.8 Å². The van der Waals surface area contributed by atoms with Crippen molar-refractivity contribution in [1.82, 2.24) is 10.2 Å². The second-order valence-electron chi connectivity index (χ2n) is 1.52. The van der Waals surface area contributed by atoms with Crippen LogP contribution in [0.25, 0.3) is 0 Å². The Labute approximate surface area is 47.3 Å². The summed E-state index contributed by atoms with van der Waals surface area (Å²) >= 11 is 0. The summed E-state index contributed by atoms with van der Waals surface area (Å²) in [7, 11) is 1.77. The van der Waals surface area contributed by atoms with Crippen LogP contribution in [-0.2, 0) is 4.79 Å². The minimum atomic E-state index is 0.463. The maximum absolute atomic E-state index is 9.91. The van der Waals surface area contributed by atoms with Crippen LogP contribution in [-0.4, -0.2) is 17.9 Å². The smallest absolute Gasteiger partial charge is 0.196 e. The van der Waals surface area contributed by atoms with Crippen molar-refractivity contribution in [1.29, 1.82) is 0 Å². The van der Waals surface area contributed by atoms with E-state index >= 15 is 0 Å². The van der Waals surface area contributed by atoms with Crippen LogP contribution in [0.3, 0.4) is 0 Å². The van der Waals surface area contributed by atoms with Crippen LogP contribution in [0.15, 0.2) is 18.2 Å². The number of nitrogens with zero attached hydrogens (tertiary/aromatic N) is 1. The zero-order chi connectivity index (χ0) is 5.98. The highest BCUT2D eigenvalue weighted by atomic mass is 16.1. The van der Waals surface area contributed by atoms with E-state index in [2.05, 4.69) is 5.32 Å². The summed E-state index contributed by atoms with van der Waals surface area (Å²) in [6.45, 7) is 0. The van der Waals surface area contributed by atoms with E-state index in [0.29, 0.717) is 5.82 Å². The summed E-state index contributed by atoms with van der Waals surface area (Å²) in [5.74, 6) is 2.20. The molecule has 0 amide bonds. The van der Waals surface area contributed by atoms with Gasteiger partial charge in [0.1, 0.15) is 0 Å². The Balaban J connectivity index is 2.79. The first-order valence-electron chi connectivity index (χ1n) is 2.26. The van der Waals surface area contributed by atoms with Crippen molar-refractivity contribution >= 4 is 5.94 Å². The van der Waals surface area contributed by atoms with Crippen LogP contribution in [0.2, 0.25) is 0 Å². The molecule has 1 aliphatic rings. The largest absolute Gasteiger partial charge is 0.337 e. The number of carbonyl (C=O) groups excluding carboxylic acids is 1. The third-order valence-corrected chi connectivity index (χ3v) is 0.968. The predicted molar refractivity (Wildman–Crippen MR) is 29.2 cm³/mol. The zero-order valence-electron chi connectivity index (χ0n) is 4.51. The molecule has 0 aromatic heterocycles. The molecule has 0 fully saturated rings.